The average molecular weight is 405 g/mol. The molecule has 4 rings (SSSR count). The first-order valence-corrected chi connectivity index (χ1v) is 10.4. The minimum Gasteiger partial charge on any atom is -0.395 e. The summed E-state index contributed by atoms with van der Waals surface area (Å²) in [6, 6.07) is 16.6. The number of para-hydroxylation sites is 1. The maximum atomic E-state index is 11.6. The van der Waals surface area contributed by atoms with Gasteiger partial charge in [-0.15, -0.1) is 0 Å². The second kappa shape index (κ2) is 9.31. The third kappa shape index (κ3) is 4.34. The fraction of sp³-hybridized carbons (Fsp3) is 0.375. The first-order valence-electron chi connectivity index (χ1n) is 10.4. The fourth-order valence-corrected chi connectivity index (χ4v) is 4.27. The van der Waals surface area contributed by atoms with Crippen LogP contribution in [0.2, 0.25) is 0 Å². The van der Waals surface area contributed by atoms with Gasteiger partial charge in [-0.1, -0.05) is 54.3 Å². The molecular weight excluding hydrogens is 378 g/mol. The first-order chi connectivity index (χ1) is 14.7. The van der Waals surface area contributed by atoms with Crippen molar-refractivity contribution in [1.82, 2.24) is 10.4 Å². The molecule has 0 saturated heterocycles. The summed E-state index contributed by atoms with van der Waals surface area (Å²) >= 11 is 0. The van der Waals surface area contributed by atoms with Crippen LogP contribution in [0.4, 0.5) is 5.69 Å². The smallest absolute Gasteiger partial charge is 0.260 e. The van der Waals surface area contributed by atoms with Crippen LogP contribution in [-0.4, -0.2) is 47.4 Å². The SMILES string of the molecule is O=C(NO)C1C#CC1c1ccc(CN(CCO)CCC2CNc3ccccc32)cc1. The highest BCUT2D eigenvalue weighted by Crippen LogP contribution is 2.33. The van der Waals surface area contributed by atoms with Gasteiger partial charge in [0.1, 0.15) is 5.92 Å². The summed E-state index contributed by atoms with van der Waals surface area (Å²) in [6.45, 7) is 3.41. The number of rotatable bonds is 9. The molecule has 0 spiro atoms. The van der Waals surface area contributed by atoms with Crippen LogP contribution in [0.15, 0.2) is 48.5 Å². The lowest BCUT2D eigenvalue weighted by molar-refractivity contribution is -0.132. The van der Waals surface area contributed by atoms with Gasteiger partial charge in [0.15, 0.2) is 0 Å². The van der Waals surface area contributed by atoms with Gasteiger partial charge in [0, 0.05) is 31.2 Å². The maximum Gasteiger partial charge on any atom is 0.260 e. The highest BCUT2D eigenvalue weighted by atomic mass is 16.5. The van der Waals surface area contributed by atoms with E-state index < -0.39 is 11.8 Å². The minimum atomic E-state index is -0.491. The number of hydrogen-bond acceptors (Lipinski definition) is 5. The Labute approximate surface area is 176 Å². The quantitative estimate of drug-likeness (QED) is 0.292. The molecule has 2 aliphatic rings. The second-order valence-electron chi connectivity index (χ2n) is 7.92. The average Bonchev–Trinajstić information content (AvgIpc) is 3.16. The zero-order valence-electron chi connectivity index (χ0n) is 16.8. The zero-order chi connectivity index (χ0) is 20.9. The third-order valence-electron chi connectivity index (χ3n) is 6.01. The molecule has 1 amide bonds. The van der Waals surface area contributed by atoms with Crippen molar-refractivity contribution >= 4 is 11.6 Å². The molecule has 6 heteroatoms. The summed E-state index contributed by atoms with van der Waals surface area (Å²) in [5, 5.41) is 21.8. The maximum absolute atomic E-state index is 11.6. The number of amides is 1. The molecule has 0 saturated carbocycles. The predicted molar refractivity (Wildman–Crippen MR) is 115 cm³/mol. The van der Waals surface area contributed by atoms with Gasteiger partial charge in [-0.05, 0) is 35.7 Å². The van der Waals surface area contributed by atoms with Crippen molar-refractivity contribution in [1.29, 1.82) is 0 Å². The van der Waals surface area contributed by atoms with E-state index in [1.54, 1.807) is 5.48 Å². The monoisotopic (exact) mass is 405 g/mol. The number of anilines is 1. The van der Waals surface area contributed by atoms with E-state index in [-0.39, 0.29) is 12.5 Å². The molecule has 1 aliphatic heterocycles. The largest absolute Gasteiger partial charge is 0.395 e. The topological polar surface area (TPSA) is 84.8 Å². The number of hydrogen-bond donors (Lipinski definition) is 4. The summed E-state index contributed by atoms with van der Waals surface area (Å²) in [5.74, 6) is 5.17. The van der Waals surface area contributed by atoms with Crippen molar-refractivity contribution < 1.29 is 15.1 Å². The van der Waals surface area contributed by atoms with Gasteiger partial charge in [-0.2, -0.15) is 0 Å². The Kier molecular flexibility index (Phi) is 6.34. The standard InChI is InChI=1S/C24H27N3O3/c28-14-13-27(12-11-19-15-25-23-4-2-1-3-21(19)23)16-17-5-7-18(8-6-17)20-9-10-22(20)24(29)26-30/h1-8,19-20,22,25,28,30H,11-16H2,(H,26,29). The van der Waals surface area contributed by atoms with E-state index in [9.17, 15) is 9.90 Å². The van der Waals surface area contributed by atoms with Crippen LogP contribution in [0.5, 0.6) is 0 Å². The number of nitrogens with zero attached hydrogens (tertiary/aromatic N) is 1. The van der Waals surface area contributed by atoms with Crippen molar-refractivity contribution in [3.8, 4) is 11.8 Å². The Hall–Kier alpha value is -2.85. The van der Waals surface area contributed by atoms with Crippen LogP contribution in [0.3, 0.4) is 0 Å². The summed E-state index contributed by atoms with van der Waals surface area (Å²) in [7, 11) is 0. The van der Waals surface area contributed by atoms with E-state index >= 15 is 0 Å². The summed E-state index contributed by atoms with van der Waals surface area (Å²) in [4.78, 5) is 13.9. The Morgan fingerprint density at radius 1 is 1.13 bits per heavy atom. The lowest BCUT2D eigenvalue weighted by Gasteiger charge is -2.25. The molecular formula is C24H27N3O3. The van der Waals surface area contributed by atoms with Gasteiger partial charge < -0.3 is 10.4 Å². The van der Waals surface area contributed by atoms with Crippen LogP contribution < -0.4 is 10.8 Å². The van der Waals surface area contributed by atoms with E-state index in [0.717, 1.165) is 37.2 Å². The number of carbonyl (C=O) groups is 1. The van der Waals surface area contributed by atoms with Crippen molar-refractivity contribution in [3.05, 3.63) is 65.2 Å². The normalized spacial score (nSPS) is 21.2. The number of benzene rings is 2. The molecule has 4 N–H and O–H groups in total. The molecule has 0 bridgehead atoms. The van der Waals surface area contributed by atoms with Gasteiger partial charge in [0.25, 0.3) is 5.91 Å². The zero-order valence-corrected chi connectivity index (χ0v) is 16.8. The molecule has 156 valence electrons. The van der Waals surface area contributed by atoms with Crippen LogP contribution >= 0.6 is 0 Å². The molecule has 30 heavy (non-hydrogen) atoms. The minimum absolute atomic E-state index is 0.132. The molecule has 0 aromatic heterocycles. The lowest BCUT2D eigenvalue weighted by Crippen LogP contribution is -2.34. The molecule has 1 aliphatic carbocycles. The Morgan fingerprint density at radius 3 is 2.63 bits per heavy atom. The van der Waals surface area contributed by atoms with Crippen LogP contribution in [0, 0.1) is 17.8 Å². The number of hydroxylamine groups is 1. The van der Waals surface area contributed by atoms with Gasteiger partial charge in [-0.3, -0.25) is 14.9 Å². The Balaban J connectivity index is 1.35. The highest BCUT2D eigenvalue weighted by Gasteiger charge is 2.32. The van der Waals surface area contributed by atoms with Gasteiger partial charge in [-0.25, -0.2) is 5.48 Å². The molecule has 2 aromatic carbocycles. The molecule has 0 fully saturated rings. The van der Waals surface area contributed by atoms with Crippen molar-refractivity contribution in [3.63, 3.8) is 0 Å². The first kappa shape index (κ1) is 20.4. The van der Waals surface area contributed by atoms with Crippen molar-refractivity contribution in [2.24, 2.45) is 5.92 Å². The summed E-state index contributed by atoms with van der Waals surface area (Å²) in [5.41, 5.74) is 6.44. The molecule has 3 atom stereocenters. The molecule has 3 unspecified atom stereocenters. The Morgan fingerprint density at radius 2 is 1.93 bits per heavy atom. The fourth-order valence-electron chi connectivity index (χ4n) is 4.27. The van der Waals surface area contributed by atoms with E-state index in [1.165, 1.54) is 11.3 Å². The predicted octanol–water partition coefficient (Wildman–Crippen LogP) is 2.30. The van der Waals surface area contributed by atoms with Crippen molar-refractivity contribution in [2.75, 3.05) is 31.6 Å². The van der Waals surface area contributed by atoms with E-state index in [2.05, 4.69) is 58.5 Å². The molecule has 0 radical (unpaired) electrons. The van der Waals surface area contributed by atoms with Gasteiger partial charge in [0.05, 0.1) is 12.5 Å². The summed E-state index contributed by atoms with van der Waals surface area (Å²) in [6.07, 6.45) is 1.04. The number of fused-ring (bicyclic) bond motifs is 1. The molecule has 2 aromatic rings. The molecule has 6 nitrogen and oxygen atoms in total. The Bertz CT molecular complexity index is 948. The number of aliphatic hydroxyl groups is 1. The third-order valence-corrected chi connectivity index (χ3v) is 6.01. The van der Waals surface area contributed by atoms with Crippen LogP contribution in [0.25, 0.3) is 0 Å². The van der Waals surface area contributed by atoms with Gasteiger partial charge >= 0.3 is 0 Å². The number of nitrogens with one attached hydrogen (secondary N) is 2. The lowest BCUT2D eigenvalue weighted by atomic mass is 9.79. The number of aliphatic hydroxyl groups excluding tert-OH is 1. The second-order valence-corrected chi connectivity index (χ2v) is 7.92. The summed E-state index contributed by atoms with van der Waals surface area (Å²) < 4.78 is 0. The van der Waals surface area contributed by atoms with E-state index in [1.807, 2.05) is 12.1 Å². The van der Waals surface area contributed by atoms with Crippen LogP contribution in [-0.2, 0) is 11.3 Å². The van der Waals surface area contributed by atoms with E-state index in [0.29, 0.717) is 12.5 Å². The highest BCUT2D eigenvalue weighted by molar-refractivity contribution is 5.84. The van der Waals surface area contributed by atoms with Crippen LogP contribution in [0.1, 0.15) is 34.9 Å². The van der Waals surface area contributed by atoms with Crippen molar-refractivity contribution in [2.45, 2.75) is 24.8 Å². The van der Waals surface area contributed by atoms with Gasteiger partial charge in [0.2, 0.25) is 0 Å². The van der Waals surface area contributed by atoms with E-state index in [4.69, 9.17) is 5.21 Å². The number of carbonyl (C=O) groups excluding carboxylic acids is 1. The molecule has 1 heterocycles.